The Bertz CT molecular complexity index is 665. The van der Waals surface area contributed by atoms with Gasteiger partial charge in [0.25, 0.3) is 0 Å². The maximum atomic E-state index is 10.8. The van der Waals surface area contributed by atoms with Gasteiger partial charge >= 0.3 is 5.97 Å². The monoisotopic (exact) mass is 274 g/mol. The van der Waals surface area contributed by atoms with Crippen molar-refractivity contribution in [2.24, 2.45) is 0 Å². The number of methoxy groups -OCH3 is 1. The van der Waals surface area contributed by atoms with Gasteiger partial charge in [-0.3, -0.25) is 0 Å². The molecule has 2 aromatic rings. The van der Waals surface area contributed by atoms with Crippen molar-refractivity contribution < 1.29 is 14.6 Å². The normalized spacial score (nSPS) is 12.2. The number of aliphatic carboxylic acids is 1. The molecule has 0 unspecified atom stereocenters. The van der Waals surface area contributed by atoms with Crippen molar-refractivity contribution in [3.05, 3.63) is 52.6 Å². The second-order valence-electron chi connectivity index (χ2n) is 3.99. The zero-order chi connectivity index (χ0) is 13.8. The molecular weight excluding hydrogens is 260 g/mol. The number of carbonyl (C=O) groups is 1. The third-order valence-electron chi connectivity index (χ3n) is 2.81. The molecule has 4 heteroatoms. The van der Waals surface area contributed by atoms with Crippen LogP contribution in [0.5, 0.6) is 0 Å². The summed E-state index contributed by atoms with van der Waals surface area (Å²) in [6, 6.07) is 8.20. The van der Waals surface area contributed by atoms with Gasteiger partial charge in [0.05, 0.1) is 7.11 Å². The molecule has 0 saturated heterocycles. The van der Waals surface area contributed by atoms with Gasteiger partial charge < -0.3 is 9.84 Å². The Hall–Kier alpha value is -2.07. The van der Waals surface area contributed by atoms with Crippen molar-refractivity contribution in [1.82, 2.24) is 0 Å². The van der Waals surface area contributed by atoms with E-state index in [9.17, 15) is 4.79 Å². The molecule has 3 nitrogen and oxygen atoms in total. The van der Waals surface area contributed by atoms with Crippen molar-refractivity contribution in [2.45, 2.75) is 6.92 Å². The summed E-state index contributed by atoms with van der Waals surface area (Å²) >= 11 is 1.69. The van der Waals surface area contributed by atoms with Crippen molar-refractivity contribution in [2.75, 3.05) is 7.11 Å². The molecular formula is C15H14O3S. The van der Waals surface area contributed by atoms with E-state index in [2.05, 4.69) is 19.1 Å². The van der Waals surface area contributed by atoms with Crippen LogP contribution in [0.4, 0.5) is 0 Å². The summed E-state index contributed by atoms with van der Waals surface area (Å²) in [4.78, 5) is 11.9. The van der Waals surface area contributed by atoms with E-state index in [1.807, 2.05) is 18.2 Å². The molecule has 1 aromatic carbocycles. The fourth-order valence-corrected chi connectivity index (χ4v) is 2.93. The van der Waals surface area contributed by atoms with Gasteiger partial charge in [-0.2, -0.15) is 0 Å². The van der Waals surface area contributed by atoms with Crippen LogP contribution in [-0.2, 0) is 9.53 Å². The van der Waals surface area contributed by atoms with Gasteiger partial charge in [-0.15, -0.1) is 11.3 Å². The lowest BCUT2D eigenvalue weighted by molar-refractivity contribution is -0.136. The molecule has 0 saturated carbocycles. The largest absolute Gasteiger partial charge is 0.490 e. The van der Waals surface area contributed by atoms with E-state index in [0.717, 1.165) is 4.88 Å². The maximum Gasteiger partial charge on any atom is 0.371 e. The number of allylic oxidation sites excluding steroid dienone is 2. The van der Waals surface area contributed by atoms with Gasteiger partial charge in [0.15, 0.2) is 0 Å². The second kappa shape index (κ2) is 5.71. The molecule has 1 aromatic heterocycles. The average molecular weight is 274 g/mol. The molecule has 0 atom stereocenters. The van der Waals surface area contributed by atoms with Crippen LogP contribution in [0.25, 0.3) is 16.2 Å². The standard InChI is InChI=1S/C15H14O3S/c1-10-11-6-3-4-8-14(11)19-13(10)9-5-7-12(18-2)15(16)17/h3-9H,1-2H3,(H,16,17)/b9-5+,12-7-. The molecule has 98 valence electrons. The number of thiophene rings is 1. The van der Waals surface area contributed by atoms with Gasteiger partial charge in [-0.25, -0.2) is 4.79 Å². The molecule has 0 aliphatic carbocycles. The zero-order valence-corrected chi connectivity index (χ0v) is 11.5. The minimum Gasteiger partial charge on any atom is -0.490 e. The summed E-state index contributed by atoms with van der Waals surface area (Å²) in [6.07, 6.45) is 5.05. The molecule has 2 rings (SSSR count). The molecule has 0 aliphatic rings. The summed E-state index contributed by atoms with van der Waals surface area (Å²) in [7, 11) is 1.35. The smallest absolute Gasteiger partial charge is 0.371 e. The van der Waals surface area contributed by atoms with Crippen molar-refractivity contribution >= 4 is 33.5 Å². The summed E-state index contributed by atoms with van der Waals surface area (Å²) < 4.78 is 5.98. The highest BCUT2D eigenvalue weighted by Crippen LogP contribution is 2.31. The molecule has 0 radical (unpaired) electrons. The number of carboxylic acid groups (broad SMARTS) is 1. The Morgan fingerprint density at radius 1 is 1.37 bits per heavy atom. The van der Waals surface area contributed by atoms with Gasteiger partial charge in [0.1, 0.15) is 0 Å². The topological polar surface area (TPSA) is 46.5 Å². The van der Waals surface area contributed by atoms with E-state index < -0.39 is 5.97 Å². The molecule has 0 spiro atoms. The number of fused-ring (bicyclic) bond motifs is 1. The van der Waals surface area contributed by atoms with Gasteiger partial charge in [0.2, 0.25) is 5.76 Å². The predicted molar refractivity (Wildman–Crippen MR) is 78.3 cm³/mol. The van der Waals surface area contributed by atoms with Crippen LogP contribution < -0.4 is 0 Å². The van der Waals surface area contributed by atoms with Crippen molar-refractivity contribution in [1.29, 1.82) is 0 Å². The molecule has 0 amide bonds. The fourth-order valence-electron chi connectivity index (χ4n) is 1.80. The maximum absolute atomic E-state index is 10.8. The Morgan fingerprint density at radius 2 is 2.11 bits per heavy atom. The average Bonchev–Trinajstić information content (AvgIpc) is 2.72. The van der Waals surface area contributed by atoms with E-state index >= 15 is 0 Å². The predicted octanol–water partition coefficient (Wildman–Crippen LogP) is 3.84. The summed E-state index contributed by atoms with van der Waals surface area (Å²) in [5.74, 6) is -1.14. The first kappa shape index (κ1) is 13.4. The van der Waals surface area contributed by atoms with Crippen LogP contribution in [0.2, 0.25) is 0 Å². The number of rotatable bonds is 4. The third kappa shape index (κ3) is 2.85. The van der Waals surface area contributed by atoms with E-state index in [1.54, 1.807) is 17.4 Å². The Morgan fingerprint density at radius 3 is 2.74 bits per heavy atom. The minimum atomic E-state index is -1.07. The van der Waals surface area contributed by atoms with Crippen LogP contribution in [0.3, 0.4) is 0 Å². The van der Waals surface area contributed by atoms with Crippen LogP contribution >= 0.6 is 11.3 Å². The van der Waals surface area contributed by atoms with Gasteiger partial charge in [-0.1, -0.05) is 24.3 Å². The van der Waals surface area contributed by atoms with E-state index in [1.165, 1.54) is 28.8 Å². The first-order valence-electron chi connectivity index (χ1n) is 5.77. The minimum absolute atomic E-state index is 0.0741. The molecule has 1 N–H and O–H groups in total. The lowest BCUT2D eigenvalue weighted by Gasteiger charge is -1.96. The molecule has 0 bridgehead atoms. The van der Waals surface area contributed by atoms with E-state index in [4.69, 9.17) is 9.84 Å². The molecule has 0 fully saturated rings. The van der Waals surface area contributed by atoms with Crippen LogP contribution in [0.1, 0.15) is 10.4 Å². The summed E-state index contributed by atoms with van der Waals surface area (Å²) in [5.41, 5.74) is 1.21. The zero-order valence-electron chi connectivity index (χ0n) is 10.7. The lowest BCUT2D eigenvalue weighted by atomic mass is 10.1. The second-order valence-corrected chi connectivity index (χ2v) is 5.07. The number of carboxylic acids is 1. The Labute approximate surface area is 115 Å². The highest BCUT2D eigenvalue weighted by atomic mass is 32.1. The third-order valence-corrected chi connectivity index (χ3v) is 4.04. The molecule has 0 aliphatic heterocycles. The summed E-state index contributed by atoms with van der Waals surface area (Å²) in [6.45, 7) is 2.07. The fraction of sp³-hybridized carbons (Fsp3) is 0.133. The number of aryl methyl sites for hydroxylation is 1. The Kier molecular flexibility index (Phi) is 4.02. The van der Waals surface area contributed by atoms with Gasteiger partial charge in [0, 0.05) is 9.58 Å². The quantitative estimate of drug-likeness (QED) is 0.523. The molecule has 1 heterocycles. The number of hydrogen-bond acceptors (Lipinski definition) is 3. The highest BCUT2D eigenvalue weighted by molar-refractivity contribution is 7.20. The Balaban J connectivity index is 2.31. The first-order chi connectivity index (χ1) is 9.13. The molecule has 19 heavy (non-hydrogen) atoms. The first-order valence-corrected chi connectivity index (χ1v) is 6.59. The van der Waals surface area contributed by atoms with Gasteiger partial charge in [-0.05, 0) is 36.1 Å². The number of benzene rings is 1. The van der Waals surface area contributed by atoms with E-state index in [-0.39, 0.29) is 5.76 Å². The SMILES string of the molecule is CO/C(=C\C=C\c1sc2ccccc2c1C)C(=O)O. The van der Waals surface area contributed by atoms with Crippen LogP contribution in [-0.4, -0.2) is 18.2 Å². The lowest BCUT2D eigenvalue weighted by Crippen LogP contribution is -2.01. The van der Waals surface area contributed by atoms with Crippen LogP contribution in [0.15, 0.2) is 42.2 Å². The van der Waals surface area contributed by atoms with E-state index in [0.29, 0.717) is 0 Å². The van der Waals surface area contributed by atoms with Crippen molar-refractivity contribution in [3.8, 4) is 0 Å². The summed E-state index contributed by atoms with van der Waals surface area (Å²) in [5, 5.41) is 10.1. The number of ether oxygens (including phenoxy) is 1. The van der Waals surface area contributed by atoms with Crippen molar-refractivity contribution in [3.63, 3.8) is 0 Å². The van der Waals surface area contributed by atoms with Crippen LogP contribution in [0, 0.1) is 6.92 Å². The number of hydrogen-bond donors (Lipinski definition) is 1. The highest BCUT2D eigenvalue weighted by Gasteiger charge is 2.06.